The molecule has 4 N–H and O–H groups in total. The normalized spacial score (nSPS) is 41.1. The van der Waals surface area contributed by atoms with E-state index in [1.807, 2.05) is 12.1 Å². The Balaban J connectivity index is 1.21. The fourth-order valence-corrected chi connectivity index (χ4v) is 13.0. The standard InChI is InChI=1S/C41H60N2O5/c1-25(2)28-14-20-41(36(48)43-24-26-8-10-27(11-9-26)35(47)42-23-17-33(45)46)22-21-39(6)29(34(28)41)12-13-31-38(5)18-16-32(44)37(3,4)30(38)15-19-40(31,39)7/h8-11,28-32,34,44H,1,12-24H2,2-7H3,(H,42,47)(H,43,48)(H,45,46)/t28-,29?,30?,31?,32-,34?,38-,39+,40+,41-/m0/s1. The predicted octanol–water partition coefficient (Wildman–Crippen LogP) is 7.53. The molecule has 10 atom stereocenters. The van der Waals surface area contributed by atoms with Gasteiger partial charge in [-0.05, 0) is 140 Å². The number of benzene rings is 1. The topological polar surface area (TPSA) is 116 Å². The van der Waals surface area contributed by atoms with Gasteiger partial charge < -0.3 is 20.8 Å². The zero-order valence-corrected chi connectivity index (χ0v) is 30.3. The highest BCUT2D eigenvalue weighted by Crippen LogP contribution is 2.77. The molecule has 0 saturated heterocycles. The van der Waals surface area contributed by atoms with Crippen LogP contribution in [0.3, 0.4) is 0 Å². The molecule has 0 radical (unpaired) electrons. The number of amides is 2. The molecule has 0 aromatic heterocycles. The van der Waals surface area contributed by atoms with Crippen molar-refractivity contribution in [1.82, 2.24) is 10.6 Å². The molecule has 2 amide bonds. The van der Waals surface area contributed by atoms with Crippen LogP contribution in [0.1, 0.15) is 128 Å². The van der Waals surface area contributed by atoms with Crippen molar-refractivity contribution >= 4 is 17.8 Å². The van der Waals surface area contributed by atoms with Crippen LogP contribution < -0.4 is 10.6 Å². The Morgan fingerprint density at radius 1 is 0.833 bits per heavy atom. The number of aliphatic carboxylic acids is 1. The Labute approximate surface area is 288 Å². The van der Waals surface area contributed by atoms with Gasteiger partial charge in [-0.2, -0.15) is 0 Å². The summed E-state index contributed by atoms with van der Waals surface area (Å²) in [5, 5.41) is 25.9. The molecular formula is C41H60N2O5. The zero-order chi connectivity index (χ0) is 34.9. The molecule has 4 unspecified atom stereocenters. The molecule has 0 bridgehead atoms. The van der Waals surface area contributed by atoms with E-state index in [2.05, 4.69) is 58.8 Å². The van der Waals surface area contributed by atoms with Crippen LogP contribution in [-0.4, -0.2) is 40.6 Å². The molecule has 1 aromatic carbocycles. The molecule has 5 saturated carbocycles. The number of hydrogen-bond donors (Lipinski definition) is 4. The lowest BCUT2D eigenvalue weighted by atomic mass is 9.32. The Kier molecular flexibility index (Phi) is 9.00. The number of aliphatic hydroxyl groups excluding tert-OH is 1. The highest BCUT2D eigenvalue weighted by molar-refractivity contribution is 5.94. The first-order chi connectivity index (χ1) is 22.5. The minimum absolute atomic E-state index is 0.0585. The quantitative estimate of drug-likeness (QED) is 0.215. The van der Waals surface area contributed by atoms with Crippen molar-refractivity contribution in [3.63, 3.8) is 0 Å². The van der Waals surface area contributed by atoms with E-state index in [-0.39, 0.29) is 58.0 Å². The first-order valence-electron chi connectivity index (χ1n) is 18.7. The number of hydrogen-bond acceptors (Lipinski definition) is 4. The van der Waals surface area contributed by atoms with Crippen LogP contribution in [0.5, 0.6) is 0 Å². The molecule has 48 heavy (non-hydrogen) atoms. The fraction of sp³-hybridized carbons (Fsp3) is 0.732. The van der Waals surface area contributed by atoms with Gasteiger partial charge in [-0.3, -0.25) is 14.4 Å². The van der Waals surface area contributed by atoms with Gasteiger partial charge in [0, 0.05) is 18.7 Å². The van der Waals surface area contributed by atoms with Gasteiger partial charge >= 0.3 is 5.97 Å². The van der Waals surface area contributed by atoms with Crippen molar-refractivity contribution in [2.45, 2.75) is 125 Å². The number of carbonyl (C=O) groups excluding carboxylic acids is 2. The number of fused-ring (bicyclic) bond motifs is 7. The Hall–Kier alpha value is -2.67. The molecule has 264 valence electrons. The van der Waals surface area contributed by atoms with Crippen molar-refractivity contribution in [2.24, 2.45) is 56.7 Å². The minimum atomic E-state index is -0.948. The van der Waals surface area contributed by atoms with Gasteiger partial charge in [0.2, 0.25) is 5.91 Å². The van der Waals surface area contributed by atoms with Crippen LogP contribution in [-0.2, 0) is 16.1 Å². The second-order valence-electron chi connectivity index (χ2n) is 18.0. The lowest BCUT2D eigenvalue weighted by molar-refractivity contribution is -0.246. The first-order valence-corrected chi connectivity index (χ1v) is 18.7. The van der Waals surface area contributed by atoms with Gasteiger partial charge in [0.1, 0.15) is 0 Å². The second-order valence-corrected chi connectivity index (χ2v) is 18.0. The Morgan fingerprint density at radius 2 is 1.54 bits per heavy atom. The Bertz CT molecular complexity index is 1450. The summed E-state index contributed by atoms with van der Waals surface area (Å²) in [4.78, 5) is 37.7. The number of carboxylic acid groups (broad SMARTS) is 1. The lowest BCUT2D eigenvalue weighted by Crippen LogP contribution is -2.67. The lowest BCUT2D eigenvalue weighted by Gasteiger charge is -2.72. The minimum Gasteiger partial charge on any atom is -0.481 e. The summed E-state index contributed by atoms with van der Waals surface area (Å²) in [5.41, 5.74) is 2.77. The van der Waals surface area contributed by atoms with Crippen molar-refractivity contribution < 1.29 is 24.6 Å². The smallest absolute Gasteiger partial charge is 0.305 e. The number of rotatable bonds is 8. The molecule has 5 fully saturated rings. The van der Waals surface area contributed by atoms with E-state index >= 15 is 0 Å². The maximum atomic E-state index is 14.5. The van der Waals surface area contributed by atoms with Crippen LogP contribution in [0.4, 0.5) is 0 Å². The van der Waals surface area contributed by atoms with E-state index in [0.717, 1.165) is 44.1 Å². The molecule has 0 aliphatic heterocycles. The van der Waals surface area contributed by atoms with Crippen LogP contribution in [0, 0.1) is 56.7 Å². The number of aliphatic hydroxyl groups is 1. The zero-order valence-electron chi connectivity index (χ0n) is 30.3. The van der Waals surface area contributed by atoms with Gasteiger partial charge in [-0.1, -0.05) is 58.9 Å². The maximum absolute atomic E-state index is 14.5. The first kappa shape index (κ1) is 35.2. The molecule has 7 heteroatoms. The second kappa shape index (κ2) is 12.3. The Morgan fingerprint density at radius 3 is 2.21 bits per heavy atom. The monoisotopic (exact) mass is 660 g/mol. The van der Waals surface area contributed by atoms with Crippen LogP contribution in [0.15, 0.2) is 36.4 Å². The molecule has 0 spiro atoms. The third kappa shape index (κ3) is 5.27. The summed E-state index contributed by atoms with van der Waals surface area (Å²) in [5.74, 6) is 1.22. The number of carboxylic acids is 1. The summed E-state index contributed by atoms with van der Waals surface area (Å²) < 4.78 is 0. The van der Waals surface area contributed by atoms with Gasteiger partial charge in [-0.25, -0.2) is 0 Å². The van der Waals surface area contributed by atoms with Crippen LogP contribution in [0.25, 0.3) is 0 Å². The number of carbonyl (C=O) groups is 3. The van der Waals surface area contributed by atoms with Crippen molar-refractivity contribution in [1.29, 1.82) is 0 Å². The molecule has 6 rings (SSSR count). The van der Waals surface area contributed by atoms with E-state index < -0.39 is 5.97 Å². The summed E-state index contributed by atoms with van der Waals surface area (Å²) in [6.45, 7) is 19.6. The molecule has 0 heterocycles. The average Bonchev–Trinajstić information content (AvgIpc) is 3.44. The van der Waals surface area contributed by atoms with Crippen LogP contribution in [0.2, 0.25) is 0 Å². The predicted molar refractivity (Wildman–Crippen MR) is 188 cm³/mol. The largest absolute Gasteiger partial charge is 0.481 e. The van der Waals surface area contributed by atoms with E-state index in [1.165, 1.54) is 31.3 Å². The van der Waals surface area contributed by atoms with Gasteiger partial charge in [-0.15, -0.1) is 0 Å². The van der Waals surface area contributed by atoms with Gasteiger partial charge in [0.25, 0.3) is 5.91 Å². The molecular weight excluding hydrogens is 600 g/mol. The molecule has 5 aliphatic carbocycles. The van der Waals surface area contributed by atoms with Gasteiger partial charge in [0.15, 0.2) is 0 Å². The average molecular weight is 661 g/mol. The SMILES string of the molecule is C=C(C)[C@@H]1CC[C@]2(C(=O)NCc3ccc(C(=O)NCCC(=O)O)cc3)CC[C@]3(C)C(CCC4[C@@]5(C)CC[C@H](O)C(C)(C)C5CC[C@]43C)C12. The fourth-order valence-electron chi connectivity index (χ4n) is 13.0. The van der Waals surface area contributed by atoms with Crippen molar-refractivity contribution in [3.05, 3.63) is 47.5 Å². The van der Waals surface area contributed by atoms with Crippen molar-refractivity contribution in [3.8, 4) is 0 Å². The van der Waals surface area contributed by atoms with E-state index in [4.69, 9.17) is 5.11 Å². The maximum Gasteiger partial charge on any atom is 0.305 e. The summed E-state index contributed by atoms with van der Waals surface area (Å²) in [7, 11) is 0. The van der Waals surface area contributed by atoms with Crippen molar-refractivity contribution in [2.75, 3.05) is 6.54 Å². The highest BCUT2D eigenvalue weighted by atomic mass is 16.4. The molecule has 7 nitrogen and oxygen atoms in total. The van der Waals surface area contributed by atoms with Gasteiger partial charge in [0.05, 0.1) is 17.9 Å². The molecule has 5 aliphatic rings. The summed E-state index contributed by atoms with van der Waals surface area (Å²) >= 11 is 0. The highest BCUT2D eigenvalue weighted by Gasteiger charge is 2.71. The number of nitrogens with one attached hydrogen (secondary N) is 2. The summed E-state index contributed by atoms with van der Waals surface area (Å²) in [6.07, 6.45) is 10.4. The van der Waals surface area contributed by atoms with Crippen LogP contribution >= 0.6 is 0 Å². The molecule has 1 aromatic rings. The van der Waals surface area contributed by atoms with E-state index in [1.54, 1.807) is 12.1 Å². The third-order valence-electron chi connectivity index (χ3n) is 15.8. The number of allylic oxidation sites excluding steroid dienone is 1. The van der Waals surface area contributed by atoms with E-state index in [9.17, 15) is 19.5 Å². The third-order valence-corrected chi connectivity index (χ3v) is 15.8. The summed E-state index contributed by atoms with van der Waals surface area (Å²) in [6, 6.07) is 7.21. The van der Waals surface area contributed by atoms with E-state index in [0.29, 0.717) is 41.7 Å².